The van der Waals surface area contributed by atoms with Gasteiger partial charge in [-0.3, -0.25) is 0 Å². The molecule has 0 N–H and O–H groups in total. The number of nitrogens with zero attached hydrogens (tertiary/aromatic N) is 3. The first-order valence-electron chi connectivity index (χ1n) is 7.42. The van der Waals surface area contributed by atoms with E-state index in [2.05, 4.69) is 53.7 Å². The monoisotopic (exact) mass is 345 g/mol. The molecule has 2 heterocycles. The molecule has 0 saturated carbocycles. The maximum Gasteiger partial charge on any atom is 0.191 e. The molecule has 0 unspecified atom stereocenters. The molecule has 3 rings (SSSR count). The Morgan fingerprint density at radius 3 is 2.61 bits per heavy atom. The van der Waals surface area contributed by atoms with Crippen molar-refractivity contribution in [1.82, 2.24) is 14.8 Å². The molecule has 2 aromatic heterocycles. The topological polar surface area (TPSA) is 39.9 Å². The molecular formula is C17H19N3OS2. The van der Waals surface area contributed by atoms with Gasteiger partial charge < -0.3 is 9.30 Å². The minimum Gasteiger partial charge on any atom is -0.492 e. The number of rotatable bonds is 6. The molecule has 0 aliphatic carbocycles. The van der Waals surface area contributed by atoms with Crippen LogP contribution in [0.5, 0.6) is 5.75 Å². The van der Waals surface area contributed by atoms with Crippen LogP contribution in [0.1, 0.15) is 11.1 Å². The molecule has 120 valence electrons. The second-order valence-corrected chi connectivity index (χ2v) is 7.27. The fourth-order valence-corrected chi connectivity index (χ4v) is 3.84. The van der Waals surface area contributed by atoms with E-state index >= 15 is 0 Å². The Morgan fingerprint density at radius 1 is 1.13 bits per heavy atom. The molecule has 23 heavy (non-hydrogen) atoms. The molecule has 4 nitrogen and oxygen atoms in total. The van der Waals surface area contributed by atoms with Crippen LogP contribution < -0.4 is 4.74 Å². The van der Waals surface area contributed by atoms with E-state index in [4.69, 9.17) is 4.74 Å². The van der Waals surface area contributed by atoms with Crippen molar-refractivity contribution < 1.29 is 4.74 Å². The molecule has 1 aromatic carbocycles. The van der Waals surface area contributed by atoms with Crippen molar-refractivity contribution in [3.8, 4) is 16.5 Å². The van der Waals surface area contributed by atoms with Gasteiger partial charge in [-0.2, -0.15) is 0 Å². The average molecular weight is 345 g/mol. The molecule has 6 heteroatoms. The minimum absolute atomic E-state index is 0.650. The third-order valence-electron chi connectivity index (χ3n) is 3.55. The van der Waals surface area contributed by atoms with Crippen LogP contribution in [0.15, 0.2) is 40.9 Å². The second-order valence-electron chi connectivity index (χ2n) is 5.26. The van der Waals surface area contributed by atoms with Crippen LogP contribution >= 0.6 is 23.1 Å². The second kappa shape index (κ2) is 7.19. The summed E-state index contributed by atoms with van der Waals surface area (Å²) < 4.78 is 7.97. The third kappa shape index (κ3) is 3.59. The van der Waals surface area contributed by atoms with Crippen molar-refractivity contribution in [2.45, 2.75) is 19.0 Å². The number of ether oxygens (including phenoxy) is 1. The predicted octanol–water partition coefficient (Wildman–Crippen LogP) is 4.33. The lowest BCUT2D eigenvalue weighted by atomic mass is 10.1. The molecule has 3 aromatic rings. The van der Waals surface area contributed by atoms with Gasteiger partial charge in [0.15, 0.2) is 11.0 Å². The average Bonchev–Trinajstić information content (AvgIpc) is 3.16. The molecule has 0 fully saturated rings. The lowest BCUT2D eigenvalue weighted by molar-refractivity contribution is 0.339. The molecule has 0 aliphatic rings. The minimum atomic E-state index is 0.650. The van der Waals surface area contributed by atoms with Gasteiger partial charge in [0, 0.05) is 12.8 Å². The van der Waals surface area contributed by atoms with Gasteiger partial charge in [-0.1, -0.05) is 36.0 Å². The number of benzene rings is 1. The number of aryl methyl sites for hydroxylation is 2. The number of thiophene rings is 1. The summed E-state index contributed by atoms with van der Waals surface area (Å²) >= 11 is 3.34. The van der Waals surface area contributed by atoms with Crippen molar-refractivity contribution >= 4 is 23.1 Å². The lowest BCUT2D eigenvalue weighted by Gasteiger charge is -2.11. The highest BCUT2D eigenvalue weighted by atomic mass is 32.2. The molecule has 0 spiro atoms. The van der Waals surface area contributed by atoms with Crippen LogP contribution in [0.3, 0.4) is 0 Å². The Labute approximate surface area is 144 Å². The zero-order valence-electron chi connectivity index (χ0n) is 13.4. The first-order chi connectivity index (χ1) is 11.2. The van der Waals surface area contributed by atoms with E-state index in [1.807, 2.05) is 17.7 Å². The Balaban J connectivity index is 1.58. The van der Waals surface area contributed by atoms with E-state index in [-0.39, 0.29) is 0 Å². The van der Waals surface area contributed by atoms with E-state index in [0.29, 0.717) is 6.61 Å². The first kappa shape index (κ1) is 16.1. The maximum absolute atomic E-state index is 5.93. The predicted molar refractivity (Wildman–Crippen MR) is 96.5 cm³/mol. The van der Waals surface area contributed by atoms with Crippen LogP contribution in [-0.4, -0.2) is 27.1 Å². The standard InChI is InChI=1S/C17H19N3OS2/c1-12-6-4-7-13(2)15(12)21-9-11-23-17-19-18-16(20(17)3)14-8-5-10-22-14/h4-8,10H,9,11H2,1-3H3. The van der Waals surface area contributed by atoms with Gasteiger partial charge >= 0.3 is 0 Å². The molecule has 0 saturated heterocycles. The molecule has 0 atom stereocenters. The van der Waals surface area contributed by atoms with Crippen molar-refractivity contribution in [1.29, 1.82) is 0 Å². The summed E-state index contributed by atoms with van der Waals surface area (Å²) in [6, 6.07) is 10.3. The van der Waals surface area contributed by atoms with Crippen molar-refractivity contribution in [2.24, 2.45) is 7.05 Å². The van der Waals surface area contributed by atoms with E-state index < -0.39 is 0 Å². The van der Waals surface area contributed by atoms with Crippen LogP contribution in [0.2, 0.25) is 0 Å². The van der Waals surface area contributed by atoms with Crippen LogP contribution in [-0.2, 0) is 7.05 Å². The largest absolute Gasteiger partial charge is 0.492 e. The molecule has 0 radical (unpaired) electrons. The molecular weight excluding hydrogens is 326 g/mol. The highest BCUT2D eigenvalue weighted by Crippen LogP contribution is 2.26. The molecule has 0 bridgehead atoms. The van der Waals surface area contributed by atoms with Gasteiger partial charge in [-0.05, 0) is 36.4 Å². The Bertz CT molecular complexity index is 761. The quantitative estimate of drug-likeness (QED) is 0.492. The van der Waals surface area contributed by atoms with E-state index in [9.17, 15) is 0 Å². The first-order valence-corrected chi connectivity index (χ1v) is 9.28. The molecule has 0 amide bonds. The van der Waals surface area contributed by atoms with E-state index in [1.165, 1.54) is 11.1 Å². The number of thioether (sulfide) groups is 1. The summed E-state index contributed by atoms with van der Waals surface area (Å²) in [7, 11) is 2.00. The Hall–Kier alpha value is -1.79. The third-order valence-corrected chi connectivity index (χ3v) is 5.40. The van der Waals surface area contributed by atoms with Crippen LogP contribution in [0, 0.1) is 13.8 Å². The highest BCUT2D eigenvalue weighted by molar-refractivity contribution is 7.99. The SMILES string of the molecule is Cc1cccc(C)c1OCCSc1nnc(-c2cccs2)n1C. The number of para-hydroxylation sites is 1. The fraction of sp³-hybridized carbons (Fsp3) is 0.294. The van der Waals surface area contributed by atoms with Gasteiger partial charge in [-0.15, -0.1) is 21.5 Å². The summed E-state index contributed by atoms with van der Waals surface area (Å²) in [6.07, 6.45) is 0. The number of aromatic nitrogens is 3. The summed E-state index contributed by atoms with van der Waals surface area (Å²) in [4.78, 5) is 1.14. The molecule has 0 aliphatic heterocycles. The Morgan fingerprint density at radius 2 is 1.91 bits per heavy atom. The van der Waals surface area contributed by atoms with Crippen molar-refractivity contribution in [2.75, 3.05) is 12.4 Å². The summed E-state index contributed by atoms with van der Waals surface area (Å²) in [6.45, 7) is 4.80. The van der Waals surface area contributed by atoms with Crippen molar-refractivity contribution in [3.63, 3.8) is 0 Å². The van der Waals surface area contributed by atoms with Crippen molar-refractivity contribution in [3.05, 3.63) is 46.8 Å². The number of hydrogen-bond acceptors (Lipinski definition) is 5. The fourth-order valence-electron chi connectivity index (χ4n) is 2.36. The van der Waals surface area contributed by atoms with Gasteiger partial charge in [0.25, 0.3) is 0 Å². The summed E-state index contributed by atoms with van der Waals surface area (Å²) in [5, 5.41) is 11.5. The Kier molecular flexibility index (Phi) is 5.03. The van der Waals surface area contributed by atoms with Gasteiger partial charge in [0.05, 0.1) is 11.5 Å². The normalized spacial score (nSPS) is 10.9. The summed E-state index contributed by atoms with van der Waals surface area (Å²) in [5.74, 6) is 2.74. The highest BCUT2D eigenvalue weighted by Gasteiger charge is 2.12. The van der Waals surface area contributed by atoms with Crippen LogP contribution in [0.25, 0.3) is 10.7 Å². The lowest BCUT2D eigenvalue weighted by Crippen LogP contribution is -2.04. The number of hydrogen-bond donors (Lipinski definition) is 0. The zero-order chi connectivity index (χ0) is 16.2. The smallest absolute Gasteiger partial charge is 0.191 e. The van der Waals surface area contributed by atoms with E-state index in [0.717, 1.165) is 27.4 Å². The summed E-state index contributed by atoms with van der Waals surface area (Å²) in [5.41, 5.74) is 2.35. The van der Waals surface area contributed by atoms with Gasteiger partial charge in [0.1, 0.15) is 5.75 Å². The van der Waals surface area contributed by atoms with Gasteiger partial charge in [-0.25, -0.2) is 0 Å². The van der Waals surface area contributed by atoms with Gasteiger partial charge in [0.2, 0.25) is 0 Å². The maximum atomic E-state index is 5.93. The van der Waals surface area contributed by atoms with E-state index in [1.54, 1.807) is 23.1 Å². The van der Waals surface area contributed by atoms with Crippen LogP contribution in [0.4, 0.5) is 0 Å². The zero-order valence-corrected chi connectivity index (χ0v) is 15.1.